The number of fused-ring (bicyclic) bond motifs is 1. The van der Waals surface area contributed by atoms with Gasteiger partial charge in [0.1, 0.15) is 5.69 Å². The third kappa shape index (κ3) is 2.42. The van der Waals surface area contributed by atoms with Crippen molar-refractivity contribution < 1.29 is 23.8 Å². The fourth-order valence-electron chi connectivity index (χ4n) is 6.50. The van der Waals surface area contributed by atoms with E-state index >= 15 is 0 Å². The Morgan fingerprint density at radius 3 is 2.78 bits per heavy atom. The highest BCUT2D eigenvalue weighted by Gasteiger charge is 2.81. The lowest BCUT2D eigenvalue weighted by atomic mass is 9.37. The van der Waals surface area contributed by atoms with Crippen LogP contribution in [0.3, 0.4) is 0 Å². The van der Waals surface area contributed by atoms with E-state index in [9.17, 15) is 23.8 Å². The quantitative estimate of drug-likeness (QED) is 0.596. The van der Waals surface area contributed by atoms with Gasteiger partial charge >= 0.3 is 0 Å². The fourth-order valence-corrected chi connectivity index (χ4v) is 8.07. The van der Waals surface area contributed by atoms with Gasteiger partial charge in [-0.2, -0.15) is 0 Å². The zero-order chi connectivity index (χ0) is 22.4. The topological polar surface area (TPSA) is 77.7 Å². The number of aliphatic hydroxyl groups is 2. The Kier molecular flexibility index (Phi) is 4.38. The molecule has 9 heteroatoms. The standard InChI is InChI=1S/C23H25F2N3O3S/c1-12-19(21(30)26-13-4-5-14(24)15(25)9-13)27-8-2-3-16(27)20(12)32-28-17-6-7-23(17)18(28)10-22(23,31)11-29/h4-5,9,17-18,29,31H,2-3,6-8,10-11H2,1H3,(H,26,30). The zero-order valence-corrected chi connectivity index (χ0v) is 18.5. The lowest BCUT2D eigenvalue weighted by molar-refractivity contribution is -0.348. The van der Waals surface area contributed by atoms with Crippen LogP contribution in [0.4, 0.5) is 14.5 Å². The summed E-state index contributed by atoms with van der Waals surface area (Å²) >= 11 is 1.67. The molecule has 6 rings (SSSR count). The number of carbonyl (C=O) groups is 1. The smallest absolute Gasteiger partial charge is 0.272 e. The first-order valence-electron chi connectivity index (χ1n) is 11.1. The number of benzene rings is 1. The summed E-state index contributed by atoms with van der Waals surface area (Å²) in [6.45, 7) is 2.50. The normalized spacial score (nSPS) is 32.3. The summed E-state index contributed by atoms with van der Waals surface area (Å²) in [5.41, 5.74) is 1.68. The summed E-state index contributed by atoms with van der Waals surface area (Å²) < 4.78 is 31.2. The lowest BCUT2D eigenvalue weighted by Gasteiger charge is -2.81. The average Bonchev–Trinajstić information content (AvgIpc) is 3.28. The van der Waals surface area contributed by atoms with Gasteiger partial charge in [-0.3, -0.25) is 4.79 Å². The minimum absolute atomic E-state index is 0.168. The van der Waals surface area contributed by atoms with Crippen molar-refractivity contribution >= 4 is 23.5 Å². The molecule has 2 aromatic rings. The van der Waals surface area contributed by atoms with Gasteiger partial charge in [-0.15, -0.1) is 0 Å². The summed E-state index contributed by atoms with van der Waals surface area (Å²) in [4.78, 5) is 14.2. The molecule has 0 radical (unpaired) electrons. The Balaban J connectivity index is 1.27. The Morgan fingerprint density at radius 2 is 2.12 bits per heavy atom. The number of halogens is 2. The lowest BCUT2D eigenvalue weighted by Crippen LogP contribution is -2.90. The molecule has 2 aliphatic heterocycles. The van der Waals surface area contributed by atoms with Crippen LogP contribution in [0.5, 0.6) is 0 Å². The molecule has 2 saturated carbocycles. The van der Waals surface area contributed by atoms with Crippen LogP contribution in [0.25, 0.3) is 0 Å². The summed E-state index contributed by atoms with van der Waals surface area (Å²) in [5, 5.41) is 23.1. The maximum atomic E-state index is 13.6. The van der Waals surface area contributed by atoms with Crippen LogP contribution in [-0.2, 0) is 13.0 Å². The van der Waals surface area contributed by atoms with E-state index in [2.05, 4.69) is 9.62 Å². The van der Waals surface area contributed by atoms with E-state index in [1.807, 2.05) is 11.5 Å². The predicted octanol–water partition coefficient (Wildman–Crippen LogP) is 3.24. The van der Waals surface area contributed by atoms with E-state index in [1.54, 1.807) is 11.9 Å². The molecule has 1 aromatic carbocycles. The minimum atomic E-state index is -0.999. The number of hydrogen-bond acceptors (Lipinski definition) is 5. The first-order chi connectivity index (χ1) is 15.3. The van der Waals surface area contributed by atoms with E-state index in [4.69, 9.17) is 0 Å². The van der Waals surface area contributed by atoms with Crippen molar-refractivity contribution in [2.24, 2.45) is 5.41 Å². The van der Waals surface area contributed by atoms with E-state index in [-0.39, 0.29) is 35.7 Å². The van der Waals surface area contributed by atoms with Gasteiger partial charge in [0, 0.05) is 46.4 Å². The predicted molar refractivity (Wildman–Crippen MR) is 115 cm³/mol. The molecular formula is C23H25F2N3O3S. The molecule has 3 fully saturated rings. The Labute approximate surface area is 188 Å². The van der Waals surface area contributed by atoms with Crippen LogP contribution in [-0.4, -0.2) is 49.3 Å². The van der Waals surface area contributed by atoms with Gasteiger partial charge in [-0.1, -0.05) is 0 Å². The van der Waals surface area contributed by atoms with Crippen molar-refractivity contribution in [1.29, 1.82) is 0 Å². The molecule has 3 heterocycles. The zero-order valence-electron chi connectivity index (χ0n) is 17.7. The molecule has 1 amide bonds. The highest BCUT2D eigenvalue weighted by Crippen LogP contribution is 2.74. The van der Waals surface area contributed by atoms with Gasteiger partial charge in [0.15, 0.2) is 11.6 Å². The summed E-state index contributed by atoms with van der Waals surface area (Å²) in [6, 6.07) is 3.84. The second-order valence-corrected chi connectivity index (χ2v) is 10.6. The van der Waals surface area contributed by atoms with Crippen molar-refractivity contribution in [3.63, 3.8) is 0 Å². The number of nitrogens with zero attached hydrogens (tertiary/aromatic N) is 2. The molecule has 1 saturated heterocycles. The monoisotopic (exact) mass is 461 g/mol. The Bertz CT molecular complexity index is 1150. The van der Waals surface area contributed by atoms with Crippen LogP contribution < -0.4 is 5.32 Å². The number of piperidine rings is 2. The average molecular weight is 462 g/mol. The van der Waals surface area contributed by atoms with E-state index in [0.29, 0.717) is 12.1 Å². The largest absolute Gasteiger partial charge is 0.393 e. The maximum Gasteiger partial charge on any atom is 0.272 e. The van der Waals surface area contributed by atoms with Crippen LogP contribution >= 0.6 is 11.9 Å². The van der Waals surface area contributed by atoms with Crippen LogP contribution in [0.1, 0.15) is 47.4 Å². The summed E-state index contributed by atoms with van der Waals surface area (Å²) in [7, 11) is 0. The number of carbonyl (C=O) groups excluding carboxylic acids is 1. The number of aromatic nitrogens is 1. The van der Waals surface area contributed by atoms with E-state index < -0.39 is 17.2 Å². The highest BCUT2D eigenvalue weighted by molar-refractivity contribution is 7.97. The fraction of sp³-hybridized carbons (Fsp3) is 0.522. The molecule has 4 unspecified atom stereocenters. The first kappa shape index (κ1) is 20.7. The van der Waals surface area contributed by atoms with Gasteiger partial charge in [-0.05, 0) is 68.7 Å². The van der Waals surface area contributed by atoms with Crippen molar-refractivity contribution in [3.8, 4) is 0 Å². The molecule has 1 aromatic heterocycles. The minimum Gasteiger partial charge on any atom is -0.393 e. The summed E-state index contributed by atoms with van der Waals surface area (Å²) in [6.07, 6.45) is 4.37. The molecule has 6 nitrogen and oxygen atoms in total. The molecule has 0 bridgehead atoms. The second kappa shape index (κ2) is 6.79. The molecule has 32 heavy (non-hydrogen) atoms. The number of amides is 1. The van der Waals surface area contributed by atoms with Crippen molar-refractivity contribution in [3.05, 3.63) is 46.8 Å². The molecule has 4 aliphatic rings. The van der Waals surface area contributed by atoms with Gasteiger partial charge in [0.05, 0.1) is 12.2 Å². The molecule has 2 aliphatic carbocycles. The van der Waals surface area contributed by atoms with Crippen molar-refractivity contribution in [1.82, 2.24) is 8.87 Å². The molecule has 4 atom stereocenters. The first-order valence-corrected chi connectivity index (χ1v) is 11.9. The Hall–Kier alpha value is -1.94. The van der Waals surface area contributed by atoms with Gasteiger partial charge in [0.2, 0.25) is 0 Å². The van der Waals surface area contributed by atoms with E-state index in [1.165, 1.54) is 6.07 Å². The van der Waals surface area contributed by atoms with Crippen molar-refractivity contribution in [2.75, 3.05) is 11.9 Å². The Morgan fingerprint density at radius 1 is 1.31 bits per heavy atom. The summed E-state index contributed by atoms with van der Waals surface area (Å²) in [5.74, 6) is -2.28. The number of nitrogens with one attached hydrogen (secondary N) is 1. The second-order valence-electron chi connectivity index (χ2n) is 9.54. The number of rotatable bonds is 5. The molecule has 1 spiro atoms. The highest BCUT2D eigenvalue weighted by atomic mass is 32.2. The van der Waals surface area contributed by atoms with Gasteiger partial charge in [-0.25, -0.2) is 13.1 Å². The van der Waals surface area contributed by atoms with Crippen molar-refractivity contribution in [2.45, 2.75) is 68.2 Å². The third-order valence-electron chi connectivity index (χ3n) is 8.23. The van der Waals surface area contributed by atoms with Crippen LogP contribution in [0, 0.1) is 24.0 Å². The van der Waals surface area contributed by atoms with E-state index in [0.717, 1.165) is 60.5 Å². The molecule has 3 N–H and O–H groups in total. The molecule has 170 valence electrons. The third-order valence-corrected chi connectivity index (χ3v) is 9.68. The van der Waals surface area contributed by atoms with Crippen LogP contribution in [0.15, 0.2) is 23.1 Å². The maximum absolute atomic E-state index is 13.6. The van der Waals surface area contributed by atoms with Crippen LogP contribution in [0.2, 0.25) is 0 Å². The number of anilines is 1. The van der Waals surface area contributed by atoms with Gasteiger partial charge in [0.25, 0.3) is 5.91 Å². The van der Waals surface area contributed by atoms with Gasteiger partial charge < -0.3 is 20.1 Å². The SMILES string of the molecule is Cc1c(SN2C3CCC34C2CC4(O)CO)c2n(c1C(=O)Nc1ccc(F)c(F)c1)CCC2. The number of hydrogen-bond donors (Lipinski definition) is 3. The molecular weight excluding hydrogens is 436 g/mol. The number of aliphatic hydroxyl groups excluding tert-OH is 1.